The summed E-state index contributed by atoms with van der Waals surface area (Å²) in [7, 11) is 0. The number of rotatable bonds is 6. The summed E-state index contributed by atoms with van der Waals surface area (Å²) >= 11 is 0. The van der Waals surface area contributed by atoms with Crippen LogP contribution in [0.3, 0.4) is 0 Å². The highest BCUT2D eigenvalue weighted by molar-refractivity contribution is 5.95. The Labute approximate surface area is 108 Å². The van der Waals surface area contributed by atoms with E-state index >= 15 is 0 Å². The fourth-order valence-electron chi connectivity index (χ4n) is 1.62. The second-order valence-corrected chi connectivity index (χ2v) is 4.70. The van der Waals surface area contributed by atoms with Crippen molar-refractivity contribution in [2.24, 2.45) is 0 Å². The Hall–Kier alpha value is -1.71. The quantitative estimate of drug-likeness (QED) is 0.600. The number of carbonyl (C=O) groups is 1. The van der Waals surface area contributed by atoms with Gasteiger partial charge in [0.1, 0.15) is 5.75 Å². The molecule has 0 radical (unpaired) electrons. The highest BCUT2D eigenvalue weighted by atomic mass is 16.5. The van der Waals surface area contributed by atoms with E-state index in [-0.39, 0.29) is 5.91 Å². The number of nitrogen functional groups attached to an aromatic ring is 1. The molecule has 1 aliphatic rings. The second-order valence-electron chi connectivity index (χ2n) is 4.70. The van der Waals surface area contributed by atoms with Crippen molar-refractivity contribution >= 4 is 11.6 Å². The number of nitrogens with one attached hydrogen (secondary N) is 1. The van der Waals surface area contributed by atoms with Crippen molar-refractivity contribution in [1.29, 1.82) is 0 Å². The SMILES string of the molecule is CCCCOc1cc(C(=O)NC2CC2)ccc1N. The molecule has 1 aromatic carbocycles. The summed E-state index contributed by atoms with van der Waals surface area (Å²) in [5, 5.41) is 2.95. The molecule has 0 saturated heterocycles. The number of benzene rings is 1. The molecule has 1 saturated carbocycles. The number of hydrogen-bond donors (Lipinski definition) is 2. The van der Waals surface area contributed by atoms with Gasteiger partial charge in [-0.15, -0.1) is 0 Å². The van der Waals surface area contributed by atoms with Crippen LogP contribution in [0.4, 0.5) is 5.69 Å². The largest absolute Gasteiger partial charge is 0.491 e. The van der Waals surface area contributed by atoms with E-state index in [1.54, 1.807) is 18.2 Å². The van der Waals surface area contributed by atoms with Gasteiger partial charge in [0.05, 0.1) is 12.3 Å². The fraction of sp³-hybridized carbons (Fsp3) is 0.500. The summed E-state index contributed by atoms with van der Waals surface area (Å²) in [5.41, 5.74) is 7.02. The summed E-state index contributed by atoms with van der Waals surface area (Å²) < 4.78 is 5.58. The smallest absolute Gasteiger partial charge is 0.251 e. The van der Waals surface area contributed by atoms with E-state index in [0.717, 1.165) is 25.7 Å². The lowest BCUT2D eigenvalue weighted by Crippen LogP contribution is -2.25. The van der Waals surface area contributed by atoms with E-state index in [1.165, 1.54) is 0 Å². The van der Waals surface area contributed by atoms with Gasteiger partial charge in [-0.1, -0.05) is 13.3 Å². The fourth-order valence-corrected chi connectivity index (χ4v) is 1.62. The maximum absolute atomic E-state index is 11.9. The topological polar surface area (TPSA) is 64.3 Å². The molecule has 0 atom stereocenters. The third-order valence-electron chi connectivity index (χ3n) is 2.94. The van der Waals surface area contributed by atoms with Crippen molar-refractivity contribution < 1.29 is 9.53 Å². The average molecular weight is 248 g/mol. The van der Waals surface area contributed by atoms with Crippen LogP contribution < -0.4 is 15.8 Å². The van der Waals surface area contributed by atoms with Crippen LogP contribution >= 0.6 is 0 Å². The first-order valence-electron chi connectivity index (χ1n) is 6.54. The van der Waals surface area contributed by atoms with Crippen LogP contribution in [0.15, 0.2) is 18.2 Å². The van der Waals surface area contributed by atoms with Gasteiger partial charge in [-0.2, -0.15) is 0 Å². The Bertz CT molecular complexity index is 428. The van der Waals surface area contributed by atoms with Gasteiger partial charge in [-0.25, -0.2) is 0 Å². The summed E-state index contributed by atoms with van der Waals surface area (Å²) in [6, 6.07) is 5.55. The number of hydrogen-bond acceptors (Lipinski definition) is 3. The molecule has 2 rings (SSSR count). The molecule has 0 aromatic heterocycles. The zero-order valence-electron chi connectivity index (χ0n) is 10.7. The molecule has 0 aliphatic heterocycles. The first kappa shape index (κ1) is 12.7. The standard InChI is InChI=1S/C14H20N2O2/c1-2-3-8-18-13-9-10(4-7-12(13)15)14(17)16-11-5-6-11/h4,7,9,11H,2-3,5-6,8,15H2,1H3,(H,16,17). The summed E-state index contributed by atoms with van der Waals surface area (Å²) in [6.07, 6.45) is 4.22. The number of ether oxygens (including phenoxy) is 1. The maximum Gasteiger partial charge on any atom is 0.251 e. The molecule has 0 heterocycles. The zero-order valence-corrected chi connectivity index (χ0v) is 10.7. The molecular weight excluding hydrogens is 228 g/mol. The molecule has 0 spiro atoms. The van der Waals surface area contributed by atoms with E-state index in [4.69, 9.17) is 10.5 Å². The van der Waals surface area contributed by atoms with Gasteiger partial charge >= 0.3 is 0 Å². The van der Waals surface area contributed by atoms with E-state index in [0.29, 0.717) is 29.6 Å². The van der Waals surface area contributed by atoms with Gasteiger partial charge in [0.15, 0.2) is 0 Å². The Balaban J connectivity index is 2.01. The molecule has 18 heavy (non-hydrogen) atoms. The number of anilines is 1. The van der Waals surface area contributed by atoms with E-state index in [9.17, 15) is 4.79 Å². The first-order chi connectivity index (χ1) is 8.70. The Kier molecular flexibility index (Phi) is 4.07. The Morgan fingerprint density at radius 3 is 2.94 bits per heavy atom. The van der Waals surface area contributed by atoms with Crippen molar-refractivity contribution in [1.82, 2.24) is 5.32 Å². The van der Waals surface area contributed by atoms with Crippen molar-refractivity contribution in [2.45, 2.75) is 38.6 Å². The normalized spacial score (nSPS) is 14.3. The first-order valence-corrected chi connectivity index (χ1v) is 6.54. The summed E-state index contributed by atoms with van der Waals surface area (Å²) in [6.45, 7) is 2.74. The molecule has 1 aliphatic carbocycles. The van der Waals surface area contributed by atoms with E-state index < -0.39 is 0 Å². The van der Waals surface area contributed by atoms with Crippen molar-refractivity contribution in [3.63, 3.8) is 0 Å². The molecule has 0 bridgehead atoms. The summed E-state index contributed by atoms with van der Waals surface area (Å²) in [4.78, 5) is 11.9. The monoisotopic (exact) mass is 248 g/mol. The number of nitrogens with two attached hydrogens (primary N) is 1. The number of amides is 1. The lowest BCUT2D eigenvalue weighted by Gasteiger charge is -2.10. The van der Waals surface area contributed by atoms with E-state index in [1.807, 2.05) is 0 Å². The van der Waals surface area contributed by atoms with Crippen LogP contribution in [0.1, 0.15) is 43.0 Å². The molecule has 4 heteroatoms. The van der Waals surface area contributed by atoms with Crippen LogP contribution in [-0.2, 0) is 0 Å². The van der Waals surface area contributed by atoms with Crippen LogP contribution in [0, 0.1) is 0 Å². The molecule has 3 N–H and O–H groups in total. The third-order valence-corrected chi connectivity index (χ3v) is 2.94. The molecule has 98 valence electrons. The van der Waals surface area contributed by atoms with Crippen molar-refractivity contribution in [2.75, 3.05) is 12.3 Å². The van der Waals surface area contributed by atoms with Gasteiger partial charge in [0, 0.05) is 11.6 Å². The zero-order chi connectivity index (χ0) is 13.0. The van der Waals surface area contributed by atoms with E-state index in [2.05, 4.69) is 12.2 Å². The van der Waals surface area contributed by atoms with Crippen LogP contribution in [-0.4, -0.2) is 18.6 Å². The predicted molar refractivity (Wildman–Crippen MR) is 71.7 cm³/mol. The minimum atomic E-state index is -0.0437. The van der Waals surface area contributed by atoms with Gasteiger partial charge in [-0.3, -0.25) is 4.79 Å². The molecule has 1 fully saturated rings. The van der Waals surface area contributed by atoms with Gasteiger partial charge < -0.3 is 15.8 Å². The van der Waals surface area contributed by atoms with Gasteiger partial charge in [0.25, 0.3) is 5.91 Å². The lowest BCUT2D eigenvalue weighted by molar-refractivity contribution is 0.0950. The molecule has 1 amide bonds. The third kappa shape index (κ3) is 3.39. The predicted octanol–water partition coefficient (Wildman–Crippen LogP) is 2.34. The highest BCUT2D eigenvalue weighted by Gasteiger charge is 2.24. The van der Waals surface area contributed by atoms with Crippen LogP contribution in [0.5, 0.6) is 5.75 Å². The minimum Gasteiger partial charge on any atom is -0.491 e. The Morgan fingerprint density at radius 1 is 1.50 bits per heavy atom. The number of carbonyl (C=O) groups excluding carboxylic acids is 1. The average Bonchev–Trinajstić information content (AvgIpc) is 3.15. The van der Waals surface area contributed by atoms with Gasteiger partial charge in [0.2, 0.25) is 0 Å². The second kappa shape index (κ2) is 5.76. The van der Waals surface area contributed by atoms with Crippen molar-refractivity contribution in [3.8, 4) is 5.75 Å². The van der Waals surface area contributed by atoms with Crippen LogP contribution in [0.25, 0.3) is 0 Å². The maximum atomic E-state index is 11.9. The van der Waals surface area contributed by atoms with Gasteiger partial charge in [-0.05, 0) is 37.5 Å². The molecule has 4 nitrogen and oxygen atoms in total. The number of unbranched alkanes of at least 4 members (excludes halogenated alkanes) is 1. The van der Waals surface area contributed by atoms with Crippen molar-refractivity contribution in [3.05, 3.63) is 23.8 Å². The van der Waals surface area contributed by atoms with Crippen LogP contribution in [0.2, 0.25) is 0 Å². The minimum absolute atomic E-state index is 0.0437. The lowest BCUT2D eigenvalue weighted by atomic mass is 10.1. The molecule has 1 aromatic rings. The summed E-state index contributed by atoms with van der Waals surface area (Å²) in [5.74, 6) is 0.560. The highest BCUT2D eigenvalue weighted by Crippen LogP contribution is 2.24. The molecule has 0 unspecified atom stereocenters. The Morgan fingerprint density at radius 2 is 2.28 bits per heavy atom. The molecular formula is C14H20N2O2.